The molecule has 3 aromatic heterocycles. The minimum Gasteiger partial charge on any atom is -0.459 e. The maximum absolute atomic E-state index is 14.0. The number of nitrogens with one attached hydrogen (secondary N) is 1. The van der Waals surface area contributed by atoms with E-state index in [9.17, 15) is 22.8 Å². The molecule has 2 amide bonds. The van der Waals surface area contributed by atoms with Crippen molar-refractivity contribution in [2.45, 2.75) is 26.6 Å². The van der Waals surface area contributed by atoms with Crippen molar-refractivity contribution in [2.75, 3.05) is 18.8 Å². The van der Waals surface area contributed by atoms with Gasteiger partial charge in [-0.2, -0.15) is 13.2 Å². The largest absolute Gasteiger partial charge is 0.459 e. The van der Waals surface area contributed by atoms with Crippen molar-refractivity contribution in [1.82, 2.24) is 20.2 Å². The number of nitrogen functional groups attached to an aromatic ring is 1. The highest BCUT2D eigenvalue weighted by atomic mass is 19.4. The van der Waals surface area contributed by atoms with Crippen LogP contribution < -0.4 is 11.1 Å². The summed E-state index contributed by atoms with van der Waals surface area (Å²) in [7, 11) is 0. The highest BCUT2D eigenvalue weighted by Crippen LogP contribution is 2.62. The summed E-state index contributed by atoms with van der Waals surface area (Å²) in [5.41, 5.74) is 6.12. The topological polar surface area (TPSA) is 114 Å². The number of alkyl halides is 3. The first-order chi connectivity index (χ1) is 19.9. The highest BCUT2D eigenvalue weighted by molar-refractivity contribution is 5.95. The molecule has 6 rings (SSSR count). The molecule has 2 aliphatic rings. The van der Waals surface area contributed by atoms with Gasteiger partial charge in [-0.15, -0.1) is 0 Å². The minimum absolute atomic E-state index is 0.116. The van der Waals surface area contributed by atoms with Crippen LogP contribution in [0.3, 0.4) is 0 Å². The monoisotopic (exact) mass is 575 g/mol. The van der Waals surface area contributed by atoms with Crippen LogP contribution in [0.25, 0.3) is 28.3 Å². The van der Waals surface area contributed by atoms with Crippen molar-refractivity contribution in [1.29, 1.82) is 0 Å². The van der Waals surface area contributed by atoms with E-state index < -0.39 is 17.6 Å². The summed E-state index contributed by atoms with van der Waals surface area (Å²) in [6.07, 6.45) is 1.04. The van der Waals surface area contributed by atoms with E-state index in [1.807, 2.05) is 4.90 Å². The number of fused-ring (bicyclic) bond motifs is 2. The number of nitrogens with zero attached hydrogens (tertiary/aromatic N) is 3. The number of carbonyl (C=O) groups excluding carboxylic acids is 2. The second-order valence-corrected chi connectivity index (χ2v) is 11.4. The van der Waals surface area contributed by atoms with Crippen LogP contribution >= 0.6 is 0 Å². The summed E-state index contributed by atoms with van der Waals surface area (Å²) in [6, 6.07) is 10.4. The smallest absolute Gasteiger partial charge is 0.420 e. The Bertz CT molecular complexity index is 1690. The molecule has 3 N–H and O–H groups in total. The predicted octanol–water partition coefficient (Wildman–Crippen LogP) is 5.55. The molecule has 8 nitrogen and oxygen atoms in total. The molecular weight excluding hydrogens is 547 g/mol. The number of pyridine rings is 2. The van der Waals surface area contributed by atoms with Gasteiger partial charge in [0.2, 0.25) is 5.91 Å². The molecule has 0 radical (unpaired) electrons. The molecule has 42 heavy (non-hydrogen) atoms. The summed E-state index contributed by atoms with van der Waals surface area (Å²) in [6.45, 7) is 5.74. The van der Waals surface area contributed by atoms with Crippen molar-refractivity contribution in [3.63, 3.8) is 0 Å². The quantitative estimate of drug-likeness (QED) is 0.292. The number of halogens is 3. The zero-order valence-electron chi connectivity index (χ0n) is 22.9. The lowest BCUT2D eigenvalue weighted by atomic mass is 10.0. The standard InChI is InChI=1S/C31H28F3N5O3/c1-30(2)23-15-39(16-24(23)30)29(41)18-5-6-25(36-13-18)19-9-20-10-21(42-28(20)22(11-19)31(32,33)34)14-38-27(40)8-4-17-3-7-26(35)37-12-17/h3-13,23-24H,14-16H2,1-2H3,(H2,35,37)(H,38,40)/b8-4+. The van der Waals surface area contributed by atoms with Crippen LogP contribution in [0, 0.1) is 17.3 Å². The third-order valence-corrected chi connectivity index (χ3v) is 8.36. The minimum atomic E-state index is -4.69. The molecule has 4 heterocycles. The first kappa shape index (κ1) is 27.5. The molecule has 2 fully saturated rings. The van der Waals surface area contributed by atoms with Crippen LogP contribution in [0.2, 0.25) is 0 Å². The summed E-state index contributed by atoms with van der Waals surface area (Å²) < 4.78 is 47.6. The lowest BCUT2D eigenvalue weighted by Crippen LogP contribution is -2.32. The fourth-order valence-corrected chi connectivity index (χ4v) is 5.74. The summed E-state index contributed by atoms with van der Waals surface area (Å²) in [4.78, 5) is 35.3. The van der Waals surface area contributed by atoms with Gasteiger partial charge in [0, 0.05) is 42.5 Å². The average Bonchev–Trinajstić information content (AvgIpc) is 3.36. The van der Waals surface area contributed by atoms with Gasteiger partial charge in [0.1, 0.15) is 17.2 Å². The molecular formula is C31H28F3N5O3. The lowest BCUT2D eigenvalue weighted by molar-refractivity contribution is -0.136. The second-order valence-electron chi connectivity index (χ2n) is 11.4. The van der Waals surface area contributed by atoms with Crippen molar-refractivity contribution >= 4 is 34.7 Å². The van der Waals surface area contributed by atoms with Crippen LogP contribution in [0.15, 0.2) is 65.4 Å². The number of anilines is 1. The Labute approximate surface area is 239 Å². The molecule has 2 unspecified atom stereocenters. The summed E-state index contributed by atoms with van der Waals surface area (Å²) in [5, 5.41) is 2.82. The van der Waals surface area contributed by atoms with Gasteiger partial charge in [-0.1, -0.05) is 13.8 Å². The Morgan fingerprint density at radius 2 is 1.86 bits per heavy atom. The van der Waals surface area contributed by atoms with Gasteiger partial charge in [-0.05, 0) is 71.4 Å². The van der Waals surface area contributed by atoms with Gasteiger partial charge in [0.25, 0.3) is 5.91 Å². The fraction of sp³-hybridized carbons (Fsp3) is 0.290. The Balaban J connectivity index is 1.18. The van der Waals surface area contributed by atoms with E-state index in [2.05, 4.69) is 29.1 Å². The maximum atomic E-state index is 14.0. The zero-order valence-corrected chi connectivity index (χ0v) is 22.9. The SMILES string of the molecule is CC1(C)C2CN(C(=O)c3ccc(-c4cc(C(F)(F)F)c5oc(CNC(=O)/C=C/c6ccc(N)nc6)cc5c4)nc3)CC21. The number of hydrogen-bond acceptors (Lipinski definition) is 6. The molecule has 1 saturated carbocycles. The number of aromatic nitrogens is 2. The predicted molar refractivity (Wildman–Crippen MR) is 151 cm³/mol. The normalized spacial score (nSPS) is 19.3. The maximum Gasteiger partial charge on any atom is 0.420 e. The van der Waals surface area contributed by atoms with Crippen LogP contribution in [-0.4, -0.2) is 39.8 Å². The molecule has 1 aliphatic carbocycles. The third-order valence-electron chi connectivity index (χ3n) is 8.36. The van der Waals surface area contributed by atoms with E-state index in [-0.39, 0.29) is 40.2 Å². The van der Waals surface area contributed by atoms with Gasteiger partial charge in [-0.25, -0.2) is 4.98 Å². The second kappa shape index (κ2) is 10.0. The van der Waals surface area contributed by atoms with Crippen molar-refractivity contribution in [3.05, 3.63) is 83.4 Å². The molecule has 2 atom stereocenters. The summed E-state index contributed by atoms with van der Waals surface area (Å²) >= 11 is 0. The van der Waals surface area contributed by atoms with Gasteiger partial charge < -0.3 is 20.4 Å². The Morgan fingerprint density at radius 3 is 2.50 bits per heavy atom. The van der Waals surface area contributed by atoms with E-state index in [1.165, 1.54) is 30.6 Å². The number of rotatable bonds is 6. The molecule has 11 heteroatoms. The van der Waals surface area contributed by atoms with E-state index in [0.717, 1.165) is 6.07 Å². The number of furan rings is 1. The van der Waals surface area contributed by atoms with Gasteiger partial charge in [0.15, 0.2) is 0 Å². The van der Waals surface area contributed by atoms with Crippen LogP contribution in [-0.2, 0) is 17.5 Å². The first-order valence-corrected chi connectivity index (χ1v) is 13.5. The molecule has 0 spiro atoms. The van der Waals surface area contributed by atoms with Crippen molar-refractivity contribution in [2.24, 2.45) is 17.3 Å². The molecule has 1 aliphatic heterocycles. The fourth-order valence-electron chi connectivity index (χ4n) is 5.74. The van der Waals surface area contributed by atoms with Crippen molar-refractivity contribution < 1.29 is 27.2 Å². The Morgan fingerprint density at radius 1 is 1.10 bits per heavy atom. The first-order valence-electron chi connectivity index (χ1n) is 13.5. The molecule has 4 aromatic rings. The van der Waals surface area contributed by atoms with E-state index >= 15 is 0 Å². The van der Waals surface area contributed by atoms with E-state index in [1.54, 1.807) is 30.3 Å². The highest BCUT2D eigenvalue weighted by Gasteiger charge is 2.62. The van der Waals surface area contributed by atoms with Crippen LogP contribution in [0.4, 0.5) is 19.0 Å². The van der Waals surface area contributed by atoms with Gasteiger partial charge in [0.05, 0.1) is 23.4 Å². The van der Waals surface area contributed by atoms with Crippen LogP contribution in [0.5, 0.6) is 0 Å². The van der Waals surface area contributed by atoms with Crippen LogP contribution in [0.1, 0.15) is 41.1 Å². The third kappa shape index (κ3) is 5.22. The number of benzene rings is 1. The number of carbonyl (C=O) groups is 2. The number of piperidine rings is 1. The summed E-state index contributed by atoms with van der Waals surface area (Å²) in [5.74, 6) is 0.950. The molecule has 0 bridgehead atoms. The number of amides is 2. The Hall–Kier alpha value is -4.67. The zero-order chi connectivity index (χ0) is 29.8. The number of nitrogens with two attached hydrogens (primary N) is 1. The van der Waals surface area contributed by atoms with E-state index in [0.29, 0.717) is 47.6 Å². The molecule has 216 valence electrons. The molecule has 1 aromatic carbocycles. The number of likely N-dealkylation sites (tertiary alicyclic amines) is 1. The molecule has 1 saturated heterocycles. The van der Waals surface area contributed by atoms with Gasteiger partial charge >= 0.3 is 6.18 Å². The Kier molecular flexibility index (Phi) is 6.55. The number of hydrogen-bond donors (Lipinski definition) is 2. The van der Waals surface area contributed by atoms with Crippen molar-refractivity contribution in [3.8, 4) is 11.3 Å². The lowest BCUT2D eigenvalue weighted by Gasteiger charge is -2.22. The average molecular weight is 576 g/mol. The van der Waals surface area contributed by atoms with Gasteiger partial charge in [-0.3, -0.25) is 14.6 Å². The van der Waals surface area contributed by atoms with E-state index in [4.69, 9.17) is 10.2 Å².